The van der Waals surface area contributed by atoms with Gasteiger partial charge in [-0.1, -0.05) is 0 Å². The van der Waals surface area contributed by atoms with Crippen LogP contribution in [0.1, 0.15) is 18.4 Å². The summed E-state index contributed by atoms with van der Waals surface area (Å²) >= 11 is 0. The molecule has 2 rings (SSSR count). The van der Waals surface area contributed by atoms with Gasteiger partial charge in [0.05, 0.1) is 25.1 Å². The Labute approximate surface area is 130 Å². The standard InChI is InChI=1S/C15H20N2O4S/c1-5-20-13-8-6-12(7-9-13)15-16-14(11(2)21-15)10-17(3)22(4,18)19/h6-9H,5,10H2,1-4H3. The Bertz CT molecular complexity index is 735. The van der Waals surface area contributed by atoms with Crippen molar-refractivity contribution < 1.29 is 17.6 Å². The number of rotatable bonds is 6. The zero-order chi connectivity index (χ0) is 16.3. The van der Waals surface area contributed by atoms with Crippen LogP contribution in [0.15, 0.2) is 28.7 Å². The third kappa shape index (κ3) is 3.86. The van der Waals surface area contributed by atoms with Gasteiger partial charge < -0.3 is 9.15 Å². The average Bonchev–Trinajstić information content (AvgIpc) is 2.80. The van der Waals surface area contributed by atoms with Gasteiger partial charge in [-0.2, -0.15) is 4.31 Å². The van der Waals surface area contributed by atoms with Gasteiger partial charge in [-0.15, -0.1) is 0 Å². The fourth-order valence-electron chi connectivity index (χ4n) is 1.89. The van der Waals surface area contributed by atoms with Crippen LogP contribution in [0.5, 0.6) is 5.75 Å². The van der Waals surface area contributed by atoms with Crippen LogP contribution >= 0.6 is 0 Å². The largest absolute Gasteiger partial charge is 0.494 e. The number of aryl methyl sites for hydroxylation is 1. The number of benzene rings is 1. The molecular formula is C15H20N2O4S. The Morgan fingerprint density at radius 3 is 2.45 bits per heavy atom. The molecular weight excluding hydrogens is 304 g/mol. The summed E-state index contributed by atoms with van der Waals surface area (Å²) in [5.74, 6) is 1.86. The quantitative estimate of drug-likeness (QED) is 0.816. The molecule has 0 aliphatic carbocycles. The smallest absolute Gasteiger partial charge is 0.226 e. The summed E-state index contributed by atoms with van der Waals surface area (Å²) in [6, 6.07) is 7.42. The van der Waals surface area contributed by atoms with Gasteiger partial charge in [0.2, 0.25) is 15.9 Å². The number of sulfonamides is 1. The van der Waals surface area contributed by atoms with Crippen molar-refractivity contribution >= 4 is 10.0 Å². The molecule has 1 aromatic carbocycles. The van der Waals surface area contributed by atoms with Crippen molar-refractivity contribution in [2.24, 2.45) is 0 Å². The maximum Gasteiger partial charge on any atom is 0.226 e. The lowest BCUT2D eigenvalue weighted by Gasteiger charge is -2.11. The molecule has 1 aromatic heterocycles. The predicted molar refractivity (Wildman–Crippen MR) is 84.2 cm³/mol. The predicted octanol–water partition coefficient (Wildman–Crippen LogP) is 2.44. The lowest BCUT2D eigenvalue weighted by Crippen LogP contribution is -2.25. The zero-order valence-corrected chi connectivity index (χ0v) is 14.0. The van der Waals surface area contributed by atoms with E-state index in [4.69, 9.17) is 9.15 Å². The van der Waals surface area contributed by atoms with E-state index in [1.807, 2.05) is 31.2 Å². The monoisotopic (exact) mass is 324 g/mol. The van der Waals surface area contributed by atoms with E-state index in [2.05, 4.69) is 4.98 Å². The molecule has 6 nitrogen and oxygen atoms in total. The first-order valence-corrected chi connectivity index (χ1v) is 8.77. The maximum atomic E-state index is 11.5. The number of hydrogen-bond acceptors (Lipinski definition) is 5. The lowest BCUT2D eigenvalue weighted by molar-refractivity contribution is 0.340. The molecule has 0 aliphatic rings. The molecule has 1 heterocycles. The van der Waals surface area contributed by atoms with Gasteiger partial charge in [0.25, 0.3) is 0 Å². The summed E-state index contributed by atoms with van der Waals surface area (Å²) in [7, 11) is -1.74. The van der Waals surface area contributed by atoms with Crippen LogP contribution in [0.3, 0.4) is 0 Å². The highest BCUT2D eigenvalue weighted by Crippen LogP contribution is 2.24. The fourth-order valence-corrected chi connectivity index (χ4v) is 2.24. The van der Waals surface area contributed by atoms with Crippen LogP contribution in [0, 0.1) is 6.92 Å². The van der Waals surface area contributed by atoms with Crippen LogP contribution in [0.25, 0.3) is 11.5 Å². The Morgan fingerprint density at radius 1 is 1.27 bits per heavy atom. The molecule has 0 unspecified atom stereocenters. The number of hydrogen-bond donors (Lipinski definition) is 0. The van der Waals surface area contributed by atoms with Crippen molar-refractivity contribution in [1.82, 2.24) is 9.29 Å². The fraction of sp³-hybridized carbons (Fsp3) is 0.400. The molecule has 2 aromatic rings. The van der Waals surface area contributed by atoms with E-state index in [-0.39, 0.29) is 6.54 Å². The zero-order valence-electron chi connectivity index (χ0n) is 13.2. The van der Waals surface area contributed by atoms with E-state index in [1.165, 1.54) is 11.4 Å². The normalized spacial score (nSPS) is 11.9. The van der Waals surface area contributed by atoms with Crippen molar-refractivity contribution in [3.05, 3.63) is 35.7 Å². The minimum atomic E-state index is -3.25. The summed E-state index contributed by atoms with van der Waals surface area (Å²) in [4.78, 5) is 4.40. The second-order valence-electron chi connectivity index (χ2n) is 5.00. The van der Waals surface area contributed by atoms with Crippen LogP contribution < -0.4 is 4.74 Å². The summed E-state index contributed by atoms with van der Waals surface area (Å²) in [6.45, 7) is 4.50. The SMILES string of the molecule is CCOc1ccc(-c2nc(CN(C)S(C)(=O)=O)c(C)o2)cc1. The van der Waals surface area contributed by atoms with Crippen molar-refractivity contribution in [1.29, 1.82) is 0 Å². The molecule has 0 aliphatic heterocycles. The van der Waals surface area contributed by atoms with Crippen LogP contribution in [-0.4, -0.2) is 37.6 Å². The Balaban J connectivity index is 2.22. The second-order valence-corrected chi connectivity index (χ2v) is 7.09. The van der Waals surface area contributed by atoms with Gasteiger partial charge in [0.1, 0.15) is 11.5 Å². The first kappa shape index (κ1) is 16.5. The van der Waals surface area contributed by atoms with E-state index < -0.39 is 10.0 Å². The summed E-state index contributed by atoms with van der Waals surface area (Å²) in [5, 5.41) is 0. The number of ether oxygens (including phenoxy) is 1. The van der Waals surface area contributed by atoms with Crippen molar-refractivity contribution in [3.63, 3.8) is 0 Å². The highest BCUT2D eigenvalue weighted by atomic mass is 32.2. The summed E-state index contributed by atoms with van der Waals surface area (Å²) in [6.07, 6.45) is 1.16. The molecule has 0 atom stereocenters. The van der Waals surface area contributed by atoms with Crippen molar-refractivity contribution in [3.8, 4) is 17.2 Å². The van der Waals surface area contributed by atoms with Gasteiger partial charge in [-0.3, -0.25) is 0 Å². The molecule has 22 heavy (non-hydrogen) atoms. The number of aromatic nitrogens is 1. The summed E-state index contributed by atoms with van der Waals surface area (Å²) < 4.78 is 35.2. The number of nitrogens with zero attached hydrogens (tertiary/aromatic N) is 2. The van der Waals surface area contributed by atoms with Gasteiger partial charge >= 0.3 is 0 Å². The molecule has 0 saturated carbocycles. The Morgan fingerprint density at radius 2 is 1.91 bits per heavy atom. The lowest BCUT2D eigenvalue weighted by atomic mass is 10.2. The maximum absolute atomic E-state index is 11.5. The molecule has 0 spiro atoms. The molecule has 0 bridgehead atoms. The highest BCUT2D eigenvalue weighted by Gasteiger charge is 2.17. The molecule has 0 saturated heterocycles. The molecule has 0 N–H and O–H groups in total. The molecule has 0 radical (unpaired) electrons. The van der Waals surface area contributed by atoms with E-state index in [1.54, 1.807) is 6.92 Å². The molecule has 0 amide bonds. The van der Waals surface area contributed by atoms with Crippen LogP contribution in [0.2, 0.25) is 0 Å². The second kappa shape index (κ2) is 6.50. The average molecular weight is 324 g/mol. The molecule has 7 heteroatoms. The Hall–Kier alpha value is -1.86. The van der Waals surface area contributed by atoms with Gasteiger partial charge in [0, 0.05) is 12.6 Å². The van der Waals surface area contributed by atoms with Crippen molar-refractivity contribution in [2.45, 2.75) is 20.4 Å². The third-order valence-electron chi connectivity index (χ3n) is 3.24. The minimum Gasteiger partial charge on any atom is -0.494 e. The van der Waals surface area contributed by atoms with Gasteiger partial charge in [-0.05, 0) is 38.1 Å². The highest BCUT2D eigenvalue weighted by molar-refractivity contribution is 7.88. The van der Waals surface area contributed by atoms with Gasteiger partial charge in [-0.25, -0.2) is 13.4 Å². The topological polar surface area (TPSA) is 72.6 Å². The first-order valence-electron chi connectivity index (χ1n) is 6.92. The van der Waals surface area contributed by atoms with E-state index in [9.17, 15) is 8.42 Å². The molecule has 0 fully saturated rings. The van der Waals surface area contributed by atoms with Crippen LogP contribution in [-0.2, 0) is 16.6 Å². The van der Waals surface area contributed by atoms with E-state index in [0.29, 0.717) is 24.0 Å². The van der Waals surface area contributed by atoms with E-state index >= 15 is 0 Å². The molecule has 120 valence electrons. The van der Waals surface area contributed by atoms with Gasteiger partial charge in [0.15, 0.2) is 0 Å². The minimum absolute atomic E-state index is 0.186. The third-order valence-corrected chi connectivity index (χ3v) is 4.50. The van der Waals surface area contributed by atoms with E-state index in [0.717, 1.165) is 17.6 Å². The number of oxazole rings is 1. The van der Waals surface area contributed by atoms with Crippen molar-refractivity contribution in [2.75, 3.05) is 19.9 Å². The first-order chi connectivity index (χ1) is 10.3. The summed E-state index contributed by atoms with van der Waals surface area (Å²) in [5.41, 5.74) is 1.43. The van der Waals surface area contributed by atoms with Crippen LogP contribution in [0.4, 0.5) is 0 Å². The Kier molecular flexibility index (Phi) is 4.87.